The van der Waals surface area contributed by atoms with E-state index in [0.717, 1.165) is 17.7 Å². The molecule has 0 amide bonds. The Morgan fingerprint density at radius 2 is 1.78 bits per heavy atom. The highest BCUT2D eigenvalue weighted by atomic mass is 19.4. The summed E-state index contributed by atoms with van der Waals surface area (Å²) in [6, 6.07) is 11.1. The first-order valence-electron chi connectivity index (χ1n) is 9.35. The molecular weight excluding hydrogens is 434 g/mol. The van der Waals surface area contributed by atoms with Crippen LogP contribution in [0, 0.1) is 5.82 Å². The van der Waals surface area contributed by atoms with Gasteiger partial charge in [0.05, 0.1) is 18.8 Å². The highest BCUT2D eigenvalue weighted by Gasteiger charge is 2.31. The first-order valence-corrected chi connectivity index (χ1v) is 9.35. The second kappa shape index (κ2) is 7.71. The summed E-state index contributed by atoms with van der Waals surface area (Å²) >= 11 is 0. The van der Waals surface area contributed by atoms with E-state index >= 15 is 0 Å². The van der Waals surface area contributed by atoms with E-state index in [-0.39, 0.29) is 36.0 Å². The van der Waals surface area contributed by atoms with Crippen molar-refractivity contribution in [2.75, 3.05) is 0 Å². The Labute approximate surface area is 177 Å². The number of nitrogens with zero attached hydrogens (tertiary/aromatic N) is 5. The zero-order chi connectivity index (χ0) is 22.3. The van der Waals surface area contributed by atoms with Crippen molar-refractivity contribution in [2.45, 2.75) is 25.6 Å². The summed E-state index contributed by atoms with van der Waals surface area (Å²) in [5, 5.41) is 12.1. The molecule has 12 heteroatoms. The largest absolute Gasteiger partial charge is 0.573 e. The zero-order valence-corrected chi connectivity index (χ0v) is 16.1. The Balaban J connectivity index is 1.34. The summed E-state index contributed by atoms with van der Waals surface area (Å²) in [6.07, 6.45) is -5.08. The van der Waals surface area contributed by atoms with Gasteiger partial charge in [0.25, 0.3) is 5.89 Å². The van der Waals surface area contributed by atoms with Gasteiger partial charge in [-0.25, -0.2) is 9.07 Å². The molecule has 0 radical (unpaired) electrons. The van der Waals surface area contributed by atoms with Crippen LogP contribution in [0.15, 0.2) is 53.1 Å². The normalized spacial score (nSPS) is 16.1. The van der Waals surface area contributed by atoms with E-state index in [4.69, 9.17) is 9.26 Å². The summed E-state index contributed by atoms with van der Waals surface area (Å²) in [4.78, 5) is 4.27. The van der Waals surface area contributed by atoms with Crippen LogP contribution in [0.4, 0.5) is 17.6 Å². The highest BCUT2D eigenvalue weighted by Crippen LogP contribution is 2.31. The van der Waals surface area contributed by atoms with Gasteiger partial charge in [-0.05, 0) is 42.0 Å². The minimum absolute atomic E-state index is 0.0979. The molecule has 164 valence electrons. The number of ether oxygens (including phenoxy) is 2. The van der Waals surface area contributed by atoms with Gasteiger partial charge in [0, 0.05) is 5.56 Å². The molecule has 0 bridgehead atoms. The Bertz CT molecular complexity index is 1240. The van der Waals surface area contributed by atoms with Gasteiger partial charge in [-0.2, -0.15) is 4.98 Å². The molecule has 0 saturated carbocycles. The number of benzene rings is 2. The molecule has 0 saturated heterocycles. The number of rotatable bonds is 4. The van der Waals surface area contributed by atoms with Crippen molar-refractivity contribution in [3.63, 3.8) is 0 Å². The second-order valence-electron chi connectivity index (χ2n) is 6.91. The summed E-state index contributed by atoms with van der Waals surface area (Å²) in [6.45, 7) is 0.543. The Morgan fingerprint density at radius 1 is 1.03 bits per heavy atom. The molecule has 1 aliphatic heterocycles. The van der Waals surface area contributed by atoms with E-state index in [0.29, 0.717) is 23.5 Å². The Morgan fingerprint density at radius 3 is 2.50 bits per heavy atom. The number of alkyl halides is 3. The predicted octanol–water partition coefficient (Wildman–Crippen LogP) is 4.30. The summed E-state index contributed by atoms with van der Waals surface area (Å²) in [5.74, 6) is -0.421. The molecular formula is C20H13F4N5O3. The lowest BCUT2D eigenvalue weighted by Crippen LogP contribution is -2.22. The molecule has 0 fully saturated rings. The van der Waals surface area contributed by atoms with Crippen LogP contribution in [0.25, 0.3) is 23.0 Å². The average molecular weight is 447 g/mol. The molecule has 2 aromatic carbocycles. The van der Waals surface area contributed by atoms with E-state index < -0.39 is 6.36 Å². The third kappa shape index (κ3) is 4.04. The summed E-state index contributed by atoms with van der Waals surface area (Å²) in [5.41, 5.74) is 2.22. The molecule has 2 aromatic heterocycles. The molecule has 0 spiro atoms. The maximum Gasteiger partial charge on any atom is 0.573 e. The smallest absolute Gasteiger partial charge is 0.406 e. The fraction of sp³-hybridized carbons (Fsp3) is 0.200. The molecule has 0 N–H and O–H groups in total. The molecule has 0 aliphatic carbocycles. The van der Waals surface area contributed by atoms with Crippen LogP contribution in [0.5, 0.6) is 5.75 Å². The van der Waals surface area contributed by atoms with Crippen LogP contribution < -0.4 is 4.74 Å². The minimum Gasteiger partial charge on any atom is -0.406 e. The third-order valence-corrected chi connectivity index (χ3v) is 4.81. The first kappa shape index (κ1) is 20.1. The van der Waals surface area contributed by atoms with Crippen LogP contribution in [0.2, 0.25) is 0 Å². The van der Waals surface area contributed by atoms with Crippen molar-refractivity contribution in [1.82, 2.24) is 25.1 Å². The lowest BCUT2D eigenvalue weighted by atomic mass is 10.1. The summed E-state index contributed by atoms with van der Waals surface area (Å²) < 4.78 is 66.7. The molecule has 5 rings (SSSR count). The molecule has 0 unspecified atom stereocenters. The fourth-order valence-corrected chi connectivity index (χ4v) is 3.30. The number of hydrogen-bond acceptors (Lipinski definition) is 7. The number of fused-ring (bicyclic) bond motifs is 1. The number of hydrogen-bond donors (Lipinski definition) is 0. The van der Waals surface area contributed by atoms with Crippen LogP contribution in [-0.4, -0.2) is 31.5 Å². The topological polar surface area (TPSA) is 88.1 Å². The van der Waals surface area contributed by atoms with Crippen LogP contribution >= 0.6 is 0 Å². The van der Waals surface area contributed by atoms with E-state index in [2.05, 4.69) is 25.2 Å². The maximum atomic E-state index is 13.2. The van der Waals surface area contributed by atoms with E-state index in [9.17, 15) is 17.6 Å². The molecule has 1 aliphatic rings. The number of halogens is 4. The van der Waals surface area contributed by atoms with Gasteiger partial charge in [0.15, 0.2) is 5.69 Å². The van der Waals surface area contributed by atoms with Crippen molar-refractivity contribution in [3.8, 4) is 28.7 Å². The predicted molar refractivity (Wildman–Crippen MR) is 99.4 cm³/mol. The van der Waals surface area contributed by atoms with Gasteiger partial charge in [-0.1, -0.05) is 22.5 Å². The van der Waals surface area contributed by atoms with Crippen molar-refractivity contribution < 1.29 is 31.6 Å². The van der Waals surface area contributed by atoms with Crippen molar-refractivity contribution in [3.05, 3.63) is 65.6 Å². The monoisotopic (exact) mass is 447 g/mol. The van der Waals surface area contributed by atoms with E-state index in [1.807, 2.05) is 0 Å². The van der Waals surface area contributed by atoms with Gasteiger partial charge in [-0.15, -0.1) is 18.3 Å². The van der Waals surface area contributed by atoms with Gasteiger partial charge >= 0.3 is 6.36 Å². The van der Waals surface area contributed by atoms with Crippen molar-refractivity contribution in [1.29, 1.82) is 0 Å². The minimum atomic E-state index is -4.77. The second-order valence-corrected chi connectivity index (χ2v) is 6.91. The fourth-order valence-electron chi connectivity index (χ4n) is 3.30. The van der Waals surface area contributed by atoms with Gasteiger partial charge in [-0.3, -0.25) is 0 Å². The Kier molecular flexibility index (Phi) is 4.85. The van der Waals surface area contributed by atoms with Crippen LogP contribution in [0.3, 0.4) is 0 Å². The van der Waals surface area contributed by atoms with Crippen molar-refractivity contribution >= 4 is 0 Å². The molecule has 8 nitrogen and oxygen atoms in total. The van der Waals surface area contributed by atoms with Crippen molar-refractivity contribution in [2.24, 2.45) is 0 Å². The molecule has 4 aromatic rings. The standard InChI is InChI=1S/C20H13F4N5O3/c21-13-5-1-11(2-6-13)16-9-29-15(10-30-16)17(26-28-29)19-25-18(27-32-19)12-3-7-14(8-4-12)31-20(22,23)24/h1-8,16H,9-10H2/t16-/m0/s1. The lowest BCUT2D eigenvalue weighted by molar-refractivity contribution is -0.274. The molecule has 32 heavy (non-hydrogen) atoms. The first-order chi connectivity index (χ1) is 15.4. The van der Waals surface area contributed by atoms with Crippen LogP contribution in [0.1, 0.15) is 17.4 Å². The van der Waals surface area contributed by atoms with E-state index in [1.54, 1.807) is 16.8 Å². The van der Waals surface area contributed by atoms with Crippen LogP contribution in [-0.2, 0) is 17.9 Å². The third-order valence-electron chi connectivity index (χ3n) is 4.81. The average Bonchev–Trinajstić information content (AvgIpc) is 3.40. The Hall–Kier alpha value is -3.80. The lowest BCUT2D eigenvalue weighted by Gasteiger charge is -2.24. The van der Waals surface area contributed by atoms with Gasteiger partial charge in [0.2, 0.25) is 5.82 Å². The molecule has 3 heterocycles. The SMILES string of the molecule is Fc1ccc([C@@H]2Cn3nnc(-c4nc(-c5ccc(OC(F)(F)F)cc5)no4)c3CO2)cc1. The number of aromatic nitrogens is 5. The van der Waals surface area contributed by atoms with E-state index in [1.165, 1.54) is 24.3 Å². The van der Waals surface area contributed by atoms with Gasteiger partial charge < -0.3 is 14.0 Å². The zero-order valence-electron chi connectivity index (χ0n) is 16.1. The van der Waals surface area contributed by atoms with Gasteiger partial charge in [0.1, 0.15) is 17.7 Å². The summed E-state index contributed by atoms with van der Waals surface area (Å²) in [7, 11) is 0. The molecule has 1 atom stereocenters. The maximum absolute atomic E-state index is 13.2. The highest BCUT2D eigenvalue weighted by molar-refractivity contribution is 5.59. The quantitative estimate of drug-likeness (QED) is 0.431.